The normalized spacial score (nSPS) is 12.5. The maximum atomic E-state index is 15.1. The van der Waals surface area contributed by atoms with Crippen molar-refractivity contribution in [2.24, 2.45) is 0 Å². The highest BCUT2D eigenvalue weighted by Crippen LogP contribution is 2.34. The van der Waals surface area contributed by atoms with E-state index in [1.807, 2.05) is 29.6 Å². The Hall–Kier alpha value is -3.84. The highest BCUT2D eigenvalue weighted by atomic mass is 32.1. The molecule has 3 aromatic carbocycles. The van der Waals surface area contributed by atoms with E-state index in [4.69, 9.17) is 0 Å². The number of carbonyl (C=O) groups is 2. The third kappa shape index (κ3) is 3.99. The van der Waals surface area contributed by atoms with Crippen molar-refractivity contribution in [1.82, 2.24) is 0 Å². The maximum absolute atomic E-state index is 15.1. The quantitative estimate of drug-likeness (QED) is 0.377. The molecular formula is C27H20F2N2O2S. The van der Waals surface area contributed by atoms with E-state index in [0.717, 1.165) is 22.2 Å². The topological polar surface area (TPSA) is 49.4 Å². The first-order valence-electron chi connectivity index (χ1n) is 10.7. The zero-order chi connectivity index (χ0) is 23.8. The van der Waals surface area contributed by atoms with Crippen LogP contribution in [0.5, 0.6) is 0 Å². The molecule has 5 rings (SSSR count). The lowest BCUT2D eigenvalue weighted by Gasteiger charge is -2.23. The smallest absolute Gasteiger partial charge is 0.261 e. The molecule has 4 aromatic rings. The van der Waals surface area contributed by atoms with Crippen molar-refractivity contribution in [3.05, 3.63) is 116 Å². The summed E-state index contributed by atoms with van der Waals surface area (Å²) in [6.07, 6.45) is 0.714. The van der Waals surface area contributed by atoms with Gasteiger partial charge in [0.1, 0.15) is 11.6 Å². The Morgan fingerprint density at radius 2 is 1.74 bits per heavy atom. The van der Waals surface area contributed by atoms with Gasteiger partial charge in [0.2, 0.25) is 0 Å². The number of para-hydroxylation sites is 1. The Labute approximate surface area is 199 Å². The van der Waals surface area contributed by atoms with Gasteiger partial charge in [-0.1, -0.05) is 24.3 Å². The molecule has 0 aliphatic carbocycles. The Kier molecular flexibility index (Phi) is 5.71. The lowest BCUT2D eigenvalue weighted by molar-refractivity contribution is 0.0980. The van der Waals surface area contributed by atoms with Gasteiger partial charge in [-0.25, -0.2) is 8.78 Å². The number of benzene rings is 3. The van der Waals surface area contributed by atoms with Gasteiger partial charge in [-0.2, -0.15) is 0 Å². The van der Waals surface area contributed by atoms with Crippen LogP contribution in [-0.2, 0) is 13.0 Å². The van der Waals surface area contributed by atoms with Crippen LogP contribution in [0.15, 0.2) is 72.1 Å². The van der Waals surface area contributed by atoms with Crippen LogP contribution >= 0.6 is 11.3 Å². The van der Waals surface area contributed by atoms with E-state index in [2.05, 4.69) is 11.4 Å². The highest BCUT2D eigenvalue weighted by Gasteiger charge is 2.27. The van der Waals surface area contributed by atoms with Gasteiger partial charge in [0.25, 0.3) is 11.8 Å². The molecule has 0 radical (unpaired) electrons. The van der Waals surface area contributed by atoms with E-state index >= 15 is 4.39 Å². The standard InChI is InChI=1S/C27H20F2N2O2S/c1-16-20(6-4-7-22(16)28)26(32)30-19-9-10-21(23(29)14-19)27(33)31-15-25-18(11-12-34-25)13-17-5-2-3-8-24(17)31/h2-12,14H,13,15H2,1H3,(H,30,32). The first-order valence-corrected chi connectivity index (χ1v) is 11.6. The van der Waals surface area contributed by atoms with Crippen molar-refractivity contribution in [2.75, 3.05) is 10.2 Å². The predicted octanol–water partition coefficient (Wildman–Crippen LogP) is 6.34. The summed E-state index contributed by atoms with van der Waals surface area (Å²) in [5.74, 6) is -2.24. The lowest BCUT2D eigenvalue weighted by Crippen LogP contribution is -2.31. The van der Waals surface area contributed by atoms with Crippen LogP contribution < -0.4 is 10.2 Å². The lowest BCUT2D eigenvalue weighted by atomic mass is 10.1. The fourth-order valence-electron chi connectivity index (χ4n) is 4.17. The zero-order valence-electron chi connectivity index (χ0n) is 18.3. The van der Waals surface area contributed by atoms with E-state index in [9.17, 15) is 14.0 Å². The summed E-state index contributed by atoms with van der Waals surface area (Å²) < 4.78 is 28.9. The molecule has 0 saturated heterocycles. The first kappa shape index (κ1) is 22.0. The predicted molar refractivity (Wildman–Crippen MR) is 130 cm³/mol. The third-order valence-corrected chi connectivity index (χ3v) is 6.97. The van der Waals surface area contributed by atoms with Crippen molar-refractivity contribution in [3.63, 3.8) is 0 Å². The molecule has 0 atom stereocenters. The van der Waals surface area contributed by atoms with Gasteiger partial charge in [-0.05, 0) is 71.5 Å². The van der Waals surface area contributed by atoms with Crippen molar-refractivity contribution in [1.29, 1.82) is 0 Å². The van der Waals surface area contributed by atoms with Crippen molar-refractivity contribution in [3.8, 4) is 0 Å². The Morgan fingerprint density at radius 1 is 0.912 bits per heavy atom. The number of amides is 2. The SMILES string of the molecule is Cc1c(F)cccc1C(=O)Nc1ccc(C(=O)N2Cc3sccc3Cc3ccccc32)c(F)c1. The molecule has 0 saturated carbocycles. The molecule has 2 heterocycles. The molecule has 0 fully saturated rings. The second-order valence-corrected chi connectivity index (χ2v) is 9.13. The average Bonchev–Trinajstić information content (AvgIpc) is 3.19. The molecule has 170 valence electrons. The number of anilines is 2. The summed E-state index contributed by atoms with van der Waals surface area (Å²) >= 11 is 1.58. The molecule has 1 aliphatic heterocycles. The average molecular weight is 475 g/mol. The van der Waals surface area contributed by atoms with Crippen molar-refractivity contribution < 1.29 is 18.4 Å². The maximum Gasteiger partial charge on any atom is 0.261 e. The number of hydrogen-bond acceptors (Lipinski definition) is 3. The number of thiophene rings is 1. The van der Waals surface area contributed by atoms with Crippen molar-refractivity contribution in [2.45, 2.75) is 19.9 Å². The fourth-order valence-corrected chi connectivity index (χ4v) is 5.06. The van der Waals surface area contributed by atoms with Crippen LogP contribution in [0, 0.1) is 18.6 Å². The van der Waals surface area contributed by atoms with E-state index in [-0.39, 0.29) is 22.4 Å². The van der Waals surface area contributed by atoms with Crippen LogP contribution in [-0.4, -0.2) is 11.8 Å². The number of nitrogens with one attached hydrogen (secondary N) is 1. The van der Waals surface area contributed by atoms with E-state index in [1.165, 1.54) is 42.8 Å². The highest BCUT2D eigenvalue weighted by molar-refractivity contribution is 7.10. The van der Waals surface area contributed by atoms with Gasteiger partial charge >= 0.3 is 0 Å². The third-order valence-electron chi connectivity index (χ3n) is 6.02. The Bertz CT molecular complexity index is 1430. The molecular weight excluding hydrogens is 454 g/mol. The fraction of sp³-hybridized carbons (Fsp3) is 0.111. The zero-order valence-corrected chi connectivity index (χ0v) is 19.1. The molecule has 4 nitrogen and oxygen atoms in total. The summed E-state index contributed by atoms with van der Waals surface area (Å²) in [4.78, 5) is 28.7. The summed E-state index contributed by atoms with van der Waals surface area (Å²) in [5.41, 5.74) is 3.39. The summed E-state index contributed by atoms with van der Waals surface area (Å²) in [7, 11) is 0. The molecule has 7 heteroatoms. The minimum atomic E-state index is -0.744. The molecule has 0 spiro atoms. The van der Waals surface area contributed by atoms with Crippen LogP contribution in [0.3, 0.4) is 0 Å². The number of hydrogen-bond donors (Lipinski definition) is 1. The molecule has 0 unspecified atom stereocenters. The number of fused-ring (bicyclic) bond motifs is 2. The van der Waals surface area contributed by atoms with Crippen LogP contribution in [0.1, 0.15) is 42.3 Å². The number of rotatable bonds is 3. The monoisotopic (exact) mass is 474 g/mol. The van der Waals surface area contributed by atoms with Gasteiger partial charge in [-0.3, -0.25) is 9.59 Å². The second-order valence-electron chi connectivity index (χ2n) is 8.13. The van der Waals surface area contributed by atoms with Crippen LogP contribution in [0.25, 0.3) is 0 Å². The van der Waals surface area contributed by atoms with E-state index < -0.39 is 23.4 Å². The first-order chi connectivity index (χ1) is 16.4. The second kappa shape index (κ2) is 8.83. The van der Waals surface area contributed by atoms with E-state index in [1.54, 1.807) is 16.2 Å². The van der Waals surface area contributed by atoms with Gasteiger partial charge < -0.3 is 10.2 Å². The summed E-state index contributed by atoms with van der Waals surface area (Å²) in [6, 6.07) is 17.9. The van der Waals surface area contributed by atoms with Gasteiger partial charge in [-0.15, -0.1) is 11.3 Å². The Morgan fingerprint density at radius 3 is 2.56 bits per heavy atom. The minimum absolute atomic E-state index is 0.0882. The number of carbonyl (C=O) groups excluding carboxylic acids is 2. The largest absolute Gasteiger partial charge is 0.322 e. The molecule has 1 N–H and O–H groups in total. The number of nitrogens with zero attached hydrogens (tertiary/aromatic N) is 1. The van der Waals surface area contributed by atoms with Crippen LogP contribution in [0.2, 0.25) is 0 Å². The molecule has 1 aromatic heterocycles. The van der Waals surface area contributed by atoms with Gasteiger partial charge in [0.05, 0.1) is 12.1 Å². The summed E-state index contributed by atoms with van der Waals surface area (Å²) in [6.45, 7) is 1.87. The molecule has 2 amide bonds. The van der Waals surface area contributed by atoms with Gasteiger partial charge in [0.15, 0.2) is 0 Å². The van der Waals surface area contributed by atoms with Crippen LogP contribution in [0.4, 0.5) is 20.2 Å². The van der Waals surface area contributed by atoms with Gasteiger partial charge in [0, 0.05) is 28.2 Å². The Balaban J connectivity index is 1.43. The molecule has 34 heavy (non-hydrogen) atoms. The number of halogens is 2. The summed E-state index contributed by atoms with van der Waals surface area (Å²) in [5, 5.41) is 4.58. The van der Waals surface area contributed by atoms with E-state index in [0.29, 0.717) is 13.0 Å². The van der Waals surface area contributed by atoms with Crippen molar-refractivity contribution >= 4 is 34.5 Å². The minimum Gasteiger partial charge on any atom is -0.322 e. The molecule has 1 aliphatic rings. The molecule has 0 bridgehead atoms.